The van der Waals surface area contributed by atoms with Crippen molar-refractivity contribution in [3.8, 4) is 0 Å². The summed E-state index contributed by atoms with van der Waals surface area (Å²) in [6, 6.07) is 0. The quantitative estimate of drug-likeness (QED) is 0.566. The van der Waals surface area contributed by atoms with Crippen molar-refractivity contribution in [3.63, 3.8) is 0 Å². The van der Waals surface area contributed by atoms with E-state index in [0.29, 0.717) is 18.1 Å². The van der Waals surface area contributed by atoms with Crippen LogP contribution in [0.3, 0.4) is 0 Å². The molecule has 0 heterocycles. The molecule has 1 atom stereocenters. The standard InChI is InChI=1S/C13H27NO/c1-3-5-6-9-12(13(15)4-2)10-7-8-11-14/h12H,3-11,14H2,1-2H3. The maximum atomic E-state index is 11.7. The van der Waals surface area contributed by atoms with Crippen LogP contribution in [-0.4, -0.2) is 12.3 Å². The Bertz CT molecular complexity index is 147. The van der Waals surface area contributed by atoms with Gasteiger partial charge in [0, 0.05) is 12.3 Å². The van der Waals surface area contributed by atoms with E-state index in [1.54, 1.807) is 0 Å². The normalized spacial score (nSPS) is 12.7. The van der Waals surface area contributed by atoms with Crippen LogP contribution < -0.4 is 5.73 Å². The maximum Gasteiger partial charge on any atom is 0.135 e. The highest BCUT2D eigenvalue weighted by Crippen LogP contribution is 2.19. The first-order chi connectivity index (χ1) is 7.26. The first-order valence-electron chi connectivity index (χ1n) is 6.49. The van der Waals surface area contributed by atoms with Gasteiger partial charge in [-0.05, 0) is 25.8 Å². The van der Waals surface area contributed by atoms with E-state index in [2.05, 4.69) is 6.92 Å². The predicted molar refractivity (Wildman–Crippen MR) is 65.8 cm³/mol. The van der Waals surface area contributed by atoms with Crippen molar-refractivity contribution in [2.24, 2.45) is 11.7 Å². The number of Topliss-reactive ketones (excluding diaryl/α,β-unsaturated/α-hetero) is 1. The number of carbonyl (C=O) groups excluding carboxylic acids is 1. The maximum absolute atomic E-state index is 11.7. The molecule has 0 amide bonds. The Morgan fingerprint density at radius 2 is 1.67 bits per heavy atom. The van der Waals surface area contributed by atoms with Gasteiger partial charge in [-0.2, -0.15) is 0 Å². The van der Waals surface area contributed by atoms with Crippen molar-refractivity contribution in [3.05, 3.63) is 0 Å². The van der Waals surface area contributed by atoms with Crippen LogP contribution in [0, 0.1) is 5.92 Å². The molecule has 0 aliphatic heterocycles. The fraction of sp³-hybridized carbons (Fsp3) is 0.923. The number of nitrogens with two attached hydrogens (primary N) is 1. The van der Waals surface area contributed by atoms with E-state index < -0.39 is 0 Å². The van der Waals surface area contributed by atoms with E-state index >= 15 is 0 Å². The molecule has 0 saturated heterocycles. The minimum absolute atomic E-state index is 0.313. The molecule has 0 aromatic rings. The molecule has 15 heavy (non-hydrogen) atoms. The van der Waals surface area contributed by atoms with Crippen LogP contribution in [0.2, 0.25) is 0 Å². The summed E-state index contributed by atoms with van der Waals surface area (Å²) in [6.45, 7) is 4.92. The van der Waals surface area contributed by atoms with E-state index in [1.807, 2.05) is 6.92 Å². The van der Waals surface area contributed by atoms with Gasteiger partial charge in [-0.15, -0.1) is 0 Å². The first-order valence-corrected chi connectivity index (χ1v) is 6.49. The van der Waals surface area contributed by atoms with Gasteiger partial charge in [-0.25, -0.2) is 0 Å². The fourth-order valence-electron chi connectivity index (χ4n) is 1.93. The van der Waals surface area contributed by atoms with Crippen LogP contribution in [-0.2, 0) is 4.79 Å². The molecule has 0 aromatic heterocycles. The van der Waals surface area contributed by atoms with E-state index in [9.17, 15) is 4.79 Å². The van der Waals surface area contributed by atoms with Gasteiger partial charge in [0.2, 0.25) is 0 Å². The summed E-state index contributed by atoms with van der Waals surface area (Å²) in [5, 5.41) is 0. The van der Waals surface area contributed by atoms with Crippen molar-refractivity contribution in [2.45, 2.75) is 65.2 Å². The summed E-state index contributed by atoms with van der Waals surface area (Å²) in [7, 11) is 0. The third-order valence-electron chi connectivity index (χ3n) is 2.97. The molecule has 0 rings (SSSR count). The lowest BCUT2D eigenvalue weighted by molar-refractivity contribution is -0.123. The lowest BCUT2D eigenvalue weighted by Crippen LogP contribution is -2.14. The molecule has 2 nitrogen and oxygen atoms in total. The number of ketones is 1. The highest BCUT2D eigenvalue weighted by molar-refractivity contribution is 5.80. The van der Waals surface area contributed by atoms with Gasteiger partial charge >= 0.3 is 0 Å². The molecule has 1 unspecified atom stereocenters. The molecule has 0 aromatic carbocycles. The molecule has 0 bridgehead atoms. The fourth-order valence-corrected chi connectivity index (χ4v) is 1.93. The third kappa shape index (κ3) is 7.55. The van der Waals surface area contributed by atoms with E-state index in [0.717, 1.165) is 32.2 Å². The monoisotopic (exact) mass is 213 g/mol. The number of rotatable bonds is 10. The smallest absolute Gasteiger partial charge is 0.135 e. The van der Waals surface area contributed by atoms with Crippen molar-refractivity contribution in [1.29, 1.82) is 0 Å². The van der Waals surface area contributed by atoms with Crippen molar-refractivity contribution < 1.29 is 4.79 Å². The Morgan fingerprint density at radius 3 is 2.13 bits per heavy atom. The minimum atomic E-state index is 0.313. The van der Waals surface area contributed by atoms with Crippen molar-refractivity contribution in [1.82, 2.24) is 0 Å². The van der Waals surface area contributed by atoms with Gasteiger partial charge in [0.25, 0.3) is 0 Å². The van der Waals surface area contributed by atoms with Crippen molar-refractivity contribution >= 4 is 5.78 Å². The second-order valence-electron chi connectivity index (χ2n) is 4.30. The zero-order chi connectivity index (χ0) is 11.5. The summed E-state index contributed by atoms with van der Waals surface area (Å²) in [5.74, 6) is 0.760. The second kappa shape index (κ2) is 10.2. The molecule has 2 N–H and O–H groups in total. The Morgan fingerprint density at radius 1 is 1.07 bits per heavy atom. The lowest BCUT2D eigenvalue weighted by Gasteiger charge is -2.14. The zero-order valence-corrected chi connectivity index (χ0v) is 10.4. The van der Waals surface area contributed by atoms with Gasteiger partial charge in [0.1, 0.15) is 5.78 Å². The van der Waals surface area contributed by atoms with Crippen LogP contribution in [0.25, 0.3) is 0 Å². The second-order valence-corrected chi connectivity index (χ2v) is 4.30. The number of carbonyl (C=O) groups is 1. The molecule has 90 valence electrons. The average Bonchev–Trinajstić information content (AvgIpc) is 2.26. The highest BCUT2D eigenvalue weighted by Gasteiger charge is 2.15. The van der Waals surface area contributed by atoms with E-state index in [-0.39, 0.29) is 0 Å². The Kier molecular flexibility index (Phi) is 9.91. The van der Waals surface area contributed by atoms with Gasteiger partial charge < -0.3 is 5.73 Å². The lowest BCUT2D eigenvalue weighted by atomic mass is 9.90. The summed E-state index contributed by atoms with van der Waals surface area (Å²) in [6.07, 6.45) is 8.69. The Hall–Kier alpha value is -0.370. The van der Waals surface area contributed by atoms with Gasteiger partial charge in [0.05, 0.1) is 0 Å². The van der Waals surface area contributed by atoms with Crippen molar-refractivity contribution in [2.75, 3.05) is 6.54 Å². The topological polar surface area (TPSA) is 43.1 Å². The molecule has 2 heteroatoms. The summed E-state index contributed by atoms with van der Waals surface area (Å²) < 4.78 is 0. The zero-order valence-electron chi connectivity index (χ0n) is 10.4. The largest absolute Gasteiger partial charge is 0.330 e. The number of hydrogen-bond acceptors (Lipinski definition) is 2. The summed E-state index contributed by atoms with van der Waals surface area (Å²) in [4.78, 5) is 11.7. The first kappa shape index (κ1) is 14.6. The molecular formula is C13H27NO. The van der Waals surface area contributed by atoms with Gasteiger partial charge in [-0.3, -0.25) is 4.79 Å². The van der Waals surface area contributed by atoms with Gasteiger partial charge in [-0.1, -0.05) is 39.5 Å². The highest BCUT2D eigenvalue weighted by atomic mass is 16.1. The van der Waals surface area contributed by atoms with Crippen LogP contribution >= 0.6 is 0 Å². The predicted octanol–water partition coefficient (Wildman–Crippen LogP) is 3.29. The van der Waals surface area contributed by atoms with Crippen LogP contribution in [0.1, 0.15) is 65.2 Å². The number of hydrogen-bond donors (Lipinski definition) is 1. The molecule has 0 aliphatic rings. The number of unbranched alkanes of at least 4 members (excludes halogenated alkanes) is 3. The summed E-state index contributed by atoms with van der Waals surface area (Å²) >= 11 is 0. The molecule has 0 aliphatic carbocycles. The SMILES string of the molecule is CCCCCC(CCCCN)C(=O)CC. The van der Waals surface area contributed by atoms with Gasteiger partial charge in [0.15, 0.2) is 0 Å². The minimum Gasteiger partial charge on any atom is -0.330 e. The molecule has 0 radical (unpaired) electrons. The third-order valence-corrected chi connectivity index (χ3v) is 2.97. The molecule has 0 saturated carbocycles. The van der Waals surface area contributed by atoms with Crippen LogP contribution in [0.4, 0.5) is 0 Å². The molecule has 0 fully saturated rings. The van der Waals surface area contributed by atoms with E-state index in [4.69, 9.17) is 5.73 Å². The Balaban J connectivity index is 3.79. The summed E-state index contributed by atoms with van der Waals surface area (Å²) in [5.41, 5.74) is 5.46. The average molecular weight is 213 g/mol. The van der Waals surface area contributed by atoms with E-state index in [1.165, 1.54) is 19.3 Å². The van der Waals surface area contributed by atoms with Crippen LogP contribution in [0.15, 0.2) is 0 Å². The molecule has 0 spiro atoms. The Labute approximate surface area is 94.6 Å². The van der Waals surface area contributed by atoms with Crippen LogP contribution in [0.5, 0.6) is 0 Å². The molecular weight excluding hydrogens is 186 g/mol.